The SMILES string of the molecule is CCOC(=O)C(C)Sc1ccc(NC(C)=O)nn1. The summed E-state index contributed by atoms with van der Waals surface area (Å²) in [6.07, 6.45) is 0. The lowest BCUT2D eigenvalue weighted by Gasteiger charge is -2.09. The zero-order chi connectivity index (χ0) is 13.5. The molecule has 0 bridgehead atoms. The van der Waals surface area contributed by atoms with Crippen molar-refractivity contribution in [2.24, 2.45) is 0 Å². The van der Waals surface area contributed by atoms with Gasteiger partial charge in [0.1, 0.15) is 10.3 Å². The van der Waals surface area contributed by atoms with E-state index in [4.69, 9.17) is 4.74 Å². The quantitative estimate of drug-likeness (QED) is 0.644. The summed E-state index contributed by atoms with van der Waals surface area (Å²) in [6, 6.07) is 3.33. The molecule has 1 rings (SSSR count). The summed E-state index contributed by atoms with van der Waals surface area (Å²) >= 11 is 1.26. The van der Waals surface area contributed by atoms with Crippen LogP contribution in [-0.2, 0) is 14.3 Å². The van der Waals surface area contributed by atoms with Gasteiger partial charge in [-0.25, -0.2) is 0 Å². The van der Waals surface area contributed by atoms with Crippen LogP contribution >= 0.6 is 11.8 Å². The summed E-state index contributed by atoms with van der Waals surface area (Å²) in [4.78, 5) is 22.2. The highest BCUT2D eigenvalue weighted by Gasteiger charge is 2.16. The fourth-order valence-corrected chi connectivity index (χ4v) is 1.88. The van der Waals surface area contributed by atoms with Crippen molar-refractivity contribution in [2.75, 3.05) is 11.9 Å². The molecule has 1 N–H and O–H groups in total. The van der Waals surface area contributed by atoms with Gasteiger partial charge in [0.15, 0.2) is 5.82 Å². The Morgan fingerprint density at radius 1 is 1.44 bits per heavy atom. The van der Waals surface area contributed by atoms with Crippen LogP contribution in [0.25, 0.3) is 0 Å². The first kappa shape index (κ1) is 14.4. The molecule has 1 heterocycles. The summed E-state index contributed by atoms with van der Waals surface area (Å²) in [6.45, 7) is 5.26. The van der Waals surface area contributed by atoms with Crippen LogP contribution in [0.4, 0.5) is 5.82 Å². The minimum Gasteiger partial charge on any atom is -0.465 e. The molecule has 1 unspecified atom stereocenters. The number of carbonyl (C=O) groups is 2. The van der Waals surface area contributed by atoms with Gasteiger partial charge in [0.05, 0.1) is 6.61 Å². The third kappa shape index (κ3) is 4.70. The van der Waals surface area contributed by atoms with E-state index in [9.17, 15) is 9.59 Å². The molecular weight excluding hydrogens is 254 g/mol. The van der Waals surface area contributed by atoms with Crippen molar-refractivity contribution in [1.82, 2.24) is 10.2 Å². The number of nitrogens with zero attached hydrogens (tertiary/aromatic N) is 2. The predicted octanol–water partition coefficient (Wildman–Crippen LogP) is 1.48. The number of ether oxygens (including phenoxy) is 1. The smallest absolute Gasteiger partial charge is 0.319 e. The molecule has 7 heteroatoms. The van der Waals surface area contributed by atoms with E-state index in [1.807, 2.05) is 0 Å². The number of thioether (sulfide) groups is 1. The van der Waals surface area contributed by atoms with E-state index in [0.717, 1.165) is 0 Å². The first-order chi connectivity index (χ1) is 8.52. The Bertz CT molecular complexity index is 422. The lowest BCUT2D eigenvalue weighted by atomic mass is 10.5. The Balaban J connectivity index is 2.58. The molecule has 0 aliphatic heterocycles. The molecule has 0 aliphatic rings. The van der Waals surface area contributed by atoms with E-state index in [1.165, 1.54) is 18.7 Å². The molecule has 1 atom stereocenters. The van der Waals surface area contributed by atoms with E-state index in [-0.39, 0.29) is 17.1 Å². The molecule has 18 heavy (non-hydrogen) atoms. The van der Waals surface area contributed by atoms with Crippen LogP contribution in [0.2, 0.25) is 0 Å². The second kappa shape index (κ2) is 6.95. The second-order valence-electron chi connectivity index (χ2n) is 3.45. The Labute approximate surface area is 110 Å². The lowest BCUT2D eigenvalue weighted by molar-refractivity contribution is -0.142. The van der Waals surface area contributed by atoms with Gasteiger partial charge in [-0.05, 0) is 26.0 Å². The summed E-state index contributed by atoms with van der Waals surface area (Å²) in [5.74, 6) is -0.101. The maximum absolute atomic E-state index is 11.4. The number of hydrogen-bond acceptors (Lipinski definition) is 6. The van der Waals surface area contributed by atoms with Crippen molar-refractivity contribution in [1.29, 1.82) is 0 Å². The van der Waals surface area contributed by atoms with Crippen molar-refractivity contribution in [3.63, 3.8) is 0 Å². The van der Waals surface area contributed by atoms with Crippen LogP contribution in [0.15, 0.2) is 17.2 Å². The largest absolute Gasteiger partial charge is 0.465 e. The number of aromatic nitrogens is 2. The average molecular weight is 269 g/mol. The molecule has 1 amide bonds. The minimum absolute atomic E-state index is 0.204. The van der Waals surface area contributed by atoms with Crippen LogP contribution < -0.4 is 5.32 Å². The highest BCUT2D eigenvalue weighted by atomic mass is 32.2. The standard InChI is InChI=1S/C11H15N3O3S/c1-4-17-11(16)7(2)18-10-6-5-9(13-14-10)12-8(3)15/h5-7H,4H2,1-3H3,(H,12,13,15). The Kier molecular flexibility index (Phi) is 5.57. The van der Waals surface area contributed by atoms with E-state index in [2.05, 4.69) is 15.5 Å². The van der Waals surface area contributed by atoms with Gasteiger partial charge < -0.3 is 10.1 Å². The fourth-order valence-electron chi connectivity index (χ4n) is 1.12. The molecule has 98 valence electrons. The van der Waals surface area contributed by atoms with Gasteiger partial charge in [0.2, 0.25) is 5.91 Å². The zero-order valence-electron chi connectivity index (χ0n) is 10.5. The van der Waals surface area contributed by atoms with Crippen LogP contribution in [0, 0.1) is 0 Å². The number of anilines is 1. The van der Waals surface area contributed by atoms with E-state index in [1.54, 1.807) is 26.0 Å². The van der Waals surface area contributed by atoms with Crippen LogP contribution in [-0.4, -0.2) is 33.9 Å². The topological polar surface area (TPSA) is 81.2 Å². The van der Waals surface area contributed by atoms with Gasteiger partial charge >= 0.3 is 5.97 Å². The highest BCUT2D eigenvalue weighted by Crippen LogP contribution is 2.21. The number of hydrogen-bond donors (Lipinski definition) is 1. The molecule has 0 aliphatic carbocycles. The van der Waals surface area contributed by atoms with Gasteiger partial charge in [0, 0.05) is 6.92 Å². The molecule has 0 saturated heterocycles. The number of nitrogens with one attached hydrogen (secondary N) is 1. The summed E-state index contributed by atoms with van der Waals surface area (Å²) in [5, 5.41) is 10.5. The van der Waals surface area contributed by atoms with Gasteiger partial charge in [-0.1, -0.05) is 11.8 Å². The van der Waals surface area contributed by atoms with Crippen molar-refractivity contribution >= 4 is 29.5 Å². The Morgan fingerprint density at radius 2 is 2.17 bits per heavy atom. The fraction of sp³-hybridized carbons (Fsp3) is 0.455. The van der Waals surface area contributed by atoms with Crippen molar-refractivity contribution in [3.05, 3.63) is 12.1 Å². The normalized spacial score (nSPS) is 11.7. The monoisotopic (exact) mass is 269 g/mol. The molecule has 1 aromatic rings. The number of amides is 1. The first-order valence-corrected chi connectivity index (χ1v) is 6.35. The maximum Gasteiger partial charge on any atom is 0.319 e. The van der Waals surface area contributed by atoms with Gasteiger partial charge in [-0.2, -0.15) is 0 Å². The summed E-state index contributed by atoms with van der Waals surface area (Å²) < 4.78 is 4.89. The van der Waals surface area contributed by atoms with Crippen LogP contribution in [0.3, 0.4) is 0 Å². The van der Waals surface area contributed by atoms with Gasteiger partial charge in [0.25, 0.3) is 0 Å². The van der Waals surface area contributed by atoms with Crippen LogP contribution in [0.5, 0.6) is 0 Å². The Hall–Kier alpha value is -1.63. The minimum atomic E-state index is -0.342. The van der Waals surface area contributed by atoms with E-state index in [0.29, 0.717) is 17.5 Å². The third-order valence-corrected chi connectivity index (χ3v) is 2.87. The van der Waals surface area contributed by atoms with Gasteiger partial charge in [-0.15, -0.1) is 10.2 Å². The Morgan fingerprint density at radius 3 is 2.67 bits per heavy atom. The number of esters is 1. The van der Waals surface area contributed by atoms with Crippen molar-refractivity contribution in [3.8, 4) is 0 Å². The van der Waals surface area contributed by atoms with Crippen molar-refractivity contribution < 1.29 is 14.3 Å². The molecule has 0 radical (unpaired) electrons. The molecule has 0 spiro atoms. The summed E-state index contributed by atoms with van der Waals surface area (Å²) in [7, 11) is 0. The number of rotatable bonds is 5. The van der Waals surface area contributed by atoms with E-state index < -0.39 is 0 Å². The molecule has 6 nitrogen and oxygen atoms in total. The molecule has 0 saturated carbocycles. The highest BCUT2D eigenvalue weighted by molar-refractivity contribution is 8.00. The lowest BCUT2D eigenvalue weighted by Crippen LogP contribution is -2.17. The molecule has 0 fully saturated rings. The summed E-state index contributed by atoms with van der Waals surface area (Å²) in [5.41, 5.74) is 0. The molecule has 0 aromatic carbocycles. The van der Waals surface area contributed by atoms with Crippen LogP contribution in [0.1, 0.15) is 20.8 Å². The molecule has 1 aromatic heterocycles. The second-order valence-corrected chi connectivity index (χ2v) is 4.81. The maximum atomic E-state index is 11.4. The zero-order valence-corrected chi connectivity index (χ0v) is 11.3. The predicted molar refractivity (Wildman–Crippen MR) is 68.3 cm³/mol. The third-order valence-electron chi connectivity index (χ3n) is 1.86. The van der Waals surface area contributed by atoms with Gasteiger partial charge in [-0.3, -0.25) is 9.59 Å². The molecular formula is C11H15N3O3S. The number of carbonyl (C=O) groups excluding carboxylic acids is 2. The van der Waals surface area contributed by atoms with Crippen molar-refractivity contribution in [2.45, 2.75) is 31.0 Å². The van der Waals surface area contributed by atoms with E-state index >= 15 is 0 Å². The first-order valence-electron chi connectivity index (χ1n) is 5.47. The average Bonchev–Trinajstić information content (AvgIpc) is 2.31.